The van der Waals surface area contributed by atoms with E-state index in [0.29, 0.717) is 0 Å². The average molecular weight is 465 g/mol. The largest absolute Gasteiger partial charge is 0.337 e. The zero-order valence-corrected chi connectivity index (χ0v) is 18.5. The van der Waals surface area contributed by atoms with Gasteiger partial charge in [-0.25, -0.2) is 17.5 Å². The fourth-order valence-corrected chi connectivity index (χ4v) is 4.37. The molecular formula is C24H21FN4O3S. The van der Waals surface area contributed by atoms with Crippen molar-refractivity contribution in [3.63, 3.8) is 0 Å². The second-order valence-corrected chi connectivity index (χ2v) is 9.08. The minimum Gasteiger partial charge on any atom is -0.337 e. The molecule has 0 aliphatic rings. The Balaban J connectivity index is 1.52. The summed E-state index contributed by atoms with van der Waals surface area (Å²) in [6.07, 6.45) is 3.52. The number of aromatic nitrogens is 2. The fourth-order valence-electron chi connectivity index (χ4n) is 3.29. The van der Waals surface area contributed by atoms with E-state index >= 15 is 0 Å². The minimum atomic E-state index is -4.00. The molecule has 0 saturated carbocycles. The number of hydrogen-bond donors (Lipinski definition) is 1. The molecule has 0 saturated heterocycles. The van der Waals surface area contributed by atoms with Crippen molar-refractivity contribution in [2.24, 2.45) is 0 Å². The molecule has 0 atom stereocenters. The molecule has 3 aromatic carbocycles. The first-order chi connectivity index (χ1) is 15.8. The van der Waals surface area contributed by atoms with Crippen molar-refractivity contribution in [3.8, 4) is 5.69 Å². The summed E-state index contributed by atoms with van der Waals surface area (Å²) in [7, 11) is -2.37. The van der Waals surface area contributed by atoms with E-state index in [9.17, 15) is 17.6 Å². The molecule has 0 radical (unpaired) electrons. The topological polar surface area (TPSA) is 84.3 Å². The van der Waals surface area contributed by atoms with Crippen LogP contribution in [0.5, 0.6) is 0 Å². The summed E-state index contributed by atoms with van der Waals surface area (Å²) in [5, 5.41) is 4.34. The van der Waals surface area contributed by atoms with Crippen molar-refractivity contribution in [1.82, 2.24) is 14.7 Å². The van der Waals surface area contributed by atoms with E-state index in [1.807, 2.05) is 36.5 Å². The van der Waals surface area contributed by atoms with Crippen LogP contribution in [0.1, 0.15) is 15.9 Å². The van der Waals surface area contributed by atoms with Crippen molar-refractivity contribution in [2.75, 3.05) is 11.8 Å². The van der Waals surface area contributed by atoms with E-state index in [0.717, 1.165) is 23.4 Å². The number of carbonyl (C=O) groups is 1. The third-order valence-corrected chi connectivity index (χ3v) is 6.33. The molecule has 0 aliphatic heterocycles. The summed E-state index contributed by atoms with van der Waals surface area (Å²) in [4.78, 5) is 14.5. The second-order valence-electron chi connectivity index (χ2n) is 7.39. The lowest BCUT2D eigenvalue weighted by molar-refractivity contribution is 0.0786. The summed E-state index contributed by atoms with van der Waals surface area (Å²) >= 11 is 0. The van der Waals surface area contributed by atoms with Crippen molar-refractivity contribution in [1.29, 1.82) is 0 Å². The van der Waals surface area contributed by atoms with Gasteiger partial charge in [-0.05, 0) is 48.5 Å². The first kappa shape index (κ1) is 22.2. The Morgan fingerprint density at radius 3 is 2.39 bits per heavy atom. The smallest absolute Gasteiger partial charge is 0.261 e. The molecule has 0 spiro atoms. The highest BCUT2D eigenvalue weighted by Gasteiger charge is 2.21. The number of anilines is 1. The van der Waals surface area contributed by atoms with E-state index in [1.165, 1.54) is 23.1 Å². The highest BCUT2D eigenvalue weighted by atomic mass is 32.2. The molecule has 0 bridgehead atoms. The van der Waals surface area contributed by atoms with Gasteiger partial charge in [0.25, 0.3) is 15.9 Å². The van der Waals surface area contributed by atoms with Gasteiger partial charge in [-0.3, -0.25) is 9.52 Å². The van der Waals surface area contributed by atoms with E-state index in [2.05, 4.69) is 9.82 Å². The van der Waals surface area contributed by atoms with Gasteiger partial charge >= 0.3 is 0 Å². The third kappa shape index (κ3) is 5.09. The Morgan fingerprint density at radius 1 is 1.00 bits per heavy atom. The molecule has 1 aromatic heterocycles. The molecule has 9 heteroatoms. The maximum atomic E-state index is 13.2. The van der Waals surface area contributed by atoms with Crippen LogP contribution in [0, 0.1) is 5.82 Å². The van der Waals surface area contributed by atoms with E-state index in [1.54, 1.807) is 36.1 Å². The Bertz CT molecular complexity index is 1370. The first-order valence-corrected chi connectivity index (χ1v) is 11.5. The first-order valence-electron chi connectivity index (χ1n) is 10.1. The van der Waals surface area contributed by atoms with Crippen LogP contribution in [0.25, 0.3) is 5.69 Å². The molecule has 4 rings (SSSR count). The van der Waals surface area contributed by atoms with Crippen LogP contribution in [0.15, 0.2) is 96.2 Å². The van der Waals surface area contributed by atoms with Crippen LogP contribution in [-0.2, 0) is 16.6 Å². The van der Waals surface area contributed by atoms with Crippen LogP contribution >= 0.6 is 0 Å². The van der Waals surface area contributed by atoms with Gasteiger partial charge in [0.2, 0.25) is 0 Å². The number of para-hydroxylation sites is 2. The number of rotatable bonds is 7. The summed E-state index contributed by atoms with van der Waals surface area (Å²) in [6, 6.07) is 20.4. The Kier molecular flexibility index (Phi) is 6.23. The molecule has 0 unspecified atom stereocenters. The second kappa shape index (κ2) is 9.25. The van der Waals surface area contributed by atoms with Gasteiger partial charge in [-0.2, -0.15) is 5.10 Å². The Labute approximate surface area is 191 Å². The zero-order chi connectivity index (χ0) is 23.4. The van der Waals surface area contributed by atoms with Crippen molar-refractivity contribution >= 4 is 21.6 Å². The summed E-state index contributed by atoms with van der Waals surface area (Å²) in [5.74, 6) is -0.901. The molecule has 0 fully saturated rings. The van der Waals surface area contributed by atoms with E-state index < -0.39 is 15.8 Å². The van der Waals surface area contributed by atoms with Crippen molar-refractivity contribution < 1.29 is 17.6 Å². The number of nitrogens with zero attached hydrogens (tertiary/aromatic N) is 3. The van der Waals surface area contributed by atoms with Gasteiger partial charge in [0.15, 0.2) is 0 Å². The molecule has 33 heavy (non-hydrogen) atoms. The van der Waals surface area contributed by atoms with Gasteiger partial charge in [-0.1, -0.05) is 30.3 Å². The van der Waals surface area contributed by atoms with Crippen molar-refractivity contribution in [3.05, 3.63) is 108 Å². The fraction of sp³-hybridized carbons (Fsp3) is 0.0833. The maximum absolute atomic E-state index is 13.2. The predicted octanol–water partition coefficient (Wildman–Crippen LogP) is 4.08. The molecule has 1 N–H and O–H groups in total. The normalized spacial score (nSPS) is 11.2. The third-order valence-electron chi connectivity index (χ3n) is 4.95. The molecule has 168 valence electrons. The summed E-state index contributed by atoms with van der Waals surface area (Å²) < 4.78 is 42.8. The SMILES string of the molecule is CN(Cc1cnn(-c2ccccc2)c1)C(=O)c1ccccc1NS(=O)(=O)c1ccc(F)cc1. The number of halogens is 1. The lowest BCUT2D eigenvalue weighted by Gasteiger charge is -2.19. The van der Waals surface area contributed by atoms with Gasteiger partial charge in [0, 0.05) is 25.4 Å². The minimum absolute atomic E-state index is 0.104. The highest BCUT2D eigenvalue weighted by Crippen LogP contribution is 2.22. The van der Waals surface area contributed by atoms with E-state index in [-0.39, 0.29) is 28.6 Å². The molecule has 0 aliphatic carbocycles. The number of benzene rings is 3. The van der Waals surface area contributed by atoms with Gasteiger partial charge in [-0.15, -0.1) is 0 Å². The standard InChI is InChI=1S/C24H21FN4O3S/c1-28(16-18-15-26-29(17-18)20-7-3-2-4-8-20)24(30)22-9-5-6-10-23(22)27-33(31,32)21-13-11-19(25)12-14-21/h2-15,17,27H,16H2,1H3. The van der Waals surface area contributed by atoms with Gasteiger partial charge in [0.1, 0.15) is 5.82 Å². The number of hydrogen-bond acceptors (Lipinski definition) is 4. The van der Waals surface area contributed by atoms with Crippen LogP contribution in [0.2, 0.25) is 0 Å². The van der Waals surface area contributed by atoms with Gasteiger partial charge < -0.3 is 4.90 Å². The predicted molar refractivity (Wildman–Crippen MR) is 123 cm³/mol. The van der Waals surface area contributed by atoms with Crippen LogP contribution in [-0.4, -0.2) is 36.1 Å². The van der Waals surface area contributed by atoms with Crippen LogP contribution in [0.3, 0.4) is 0 Å². The quantitative estimate of drug-likeness (QED) is 0.447. The highest BCUT2D eigenvalue weighted by molar-refractivity contribution is 7.92. The summed E-state index contributed by atoms with van der Waals surface area (Å²) in [5.41, 5.74) is 2.05. The maximum Gasteiger partial charge on any atom is 0.261 e. The lowest BCUT2D eigenvalue weighted by Crippen LogP contribution is -2.27. The number of amides is 1. The van der Waals surface area contributed by atoms with Crippen molar-refractivity contribution in [2.45, 2.75) is 11.4 Å². The number of sulfonamides is 1. The summed E-state index contributed by atoms with van der Waals surface area (Å²) in [6.45, 7) is 0.282. The number of nitrogens with one attached hydrogen (secondary N) is 1. The molecule has 1 amide bonds. The Hall–Kier alpha value is -3.98. The molecule has 1 heterocycles. The van der Waals surface area contributed by atoms with Crippen LogP contribution in [0.4, 0.5) is 10.1 Å². The molecule has 4 aromatic rings. The van der Waals surface area contributed by atoms with E-state index in [4.69, 9.17) is 0 Å². The van der Waals surface area contributed by atoms with Gasteiger partial charge in [0.05, 0.1) is 28.0 Å². The average Bonchev–Trinajstić information content (AvgIpc) is 3.28. The molecule has 7 nitrogen and oxygen atoms in total. The number of carbonyl (C=O) groups excluding carboxylic acids is 1. The lowest BCUT2D eigenvalue weighted by atomic mass is 10.1. The Morgan fingerprint density at radius 2 is 1.67 bits per heavy atom. The van der Waals surface area contributed by atoms with Crippen LogP contribution < -0.4 is 4.72 Å². The monoisotopic (exact) mass is 464 g/mol. The molecular weight excluding hydrogens is 443 g/mol. The zero-order valence-electron chi connectivity index (χ0n) is 17.7.